The third kappa shape index (κ3) is 5.85. The van der Waals surface area contributed by atoms with Gasteiger partial charge in [0, 0.05) is 17.5 Å². The number of nitrogens with one attached hydrogen (secondary N) is 1. The Hall–Kier alpha value is -2.62. The topological polar surface area (TPSA) is 79.4 Å². The number of aromatic nitrogens is 1. The second kappa shape index (κ2) is 10.8. The van der Waals surface area contributed by atoms with E-state index in [1.807, 2.05) is 12.1 Å². The zero-order valence-electron chi connectivity index (χ0n) is 21.0. The highest BCUT2D eigenvalue weighted by Crippen LogP contribution is 2.43. The monoisotopic (exact) mass is 529 g/mol. The van der Waals surface area contributed by atoms with E-state index in [0.717, 1.165) is 34.7 Å². The average molecular weight is 530 g/mol. The van der Waals surface area contributed by atoms with Crippen LogP contribution in [0.25, 0.3) is 0 Å². The van der Waals surface area contributed by atoms with Crippen LogP contribution >= 0.6 is 11.3 Å². The molecule has 9 heteroatoms. The number of hydrogen-bond acceptors (Lipinski definition) is 6. The van der Waals surface area contributed by atoms with Gasteiger partial charge in [-0.25, -0.2) is 17.8 Å². The molecule has 3 aromatic rings. The third-order valence-corrected chi connectivity index (χ3v) is 9.33. The van der Waals surface area contributed by atoms with Crippen LogP contribution in [0.15, 0.2) is 53.4 Å². The quantitative estimate of drug-likeness (QED) is 0.402. The van der Waals surface area contributed by atoms with Gasteiger partial charge < -0.3 is 5.32 Å². The van der Waals surface area contributed by atoms with Crippen molar-refractivity contribution in [3.8, 4) is 0 Å². The maximum absolute atomic E-state index is 13.3. The van der Waals surface area contributed by atoms with Gasteiger partial charge in [0.25, 0.3) is 0 Å². The Balaban J connectivity index is 1.41. The van der Waals surface area contributed by atoms with Gasteiger partial charge in [-0.2, -0.15) is 0 Å². The molecule has 0 fully saturated rings. The highest BCUT2D eigenvalue weighted by Gasteiger charge is 2.38. The Kier molecular flexibility index (Phi) is 7.92. The lowest BCUT2D eigenvalue weighted by Gasteiger charge is -2.33. The maximum atomic E-state index is 13.3. The van der Waals surface area contributed by atoms with Crippen molar-refractivity contribution in [2.24, 2.45) is 5.92 Å². The number of rotatable bonds is 9. The van der Waals surface area contributed by atoms with Gasteiger partial charge in [-0.15, -0.1) is 11.3 Å². The van der Waals surface area contributed by atoms with E-state index in [9.17, 15) is 17.6 Å². The summed E-state index contributed by atoms with van der Waals surface area (Å²) in [5, 5.41) is 3.51. The summed E-state index contributed by atoms with van der Waals surface area (Å²) in [6.07, 6.45) is 0.964. The molecule has 2 atom stereocenters. The number of hydrogen-bond donors (Lipinski definition) is 1. The molecule has 2 heterocycles. The van der Waals surface area contributed by atoms with Gasteiger partial charge >= 0.3 is 0 Å². The SMILES string of the molecule is CCS(=O)(=O)c1ccc(CC(=O)Nc2nc3c(s2)CN([C@H](C)Cc2ccc(F)cc2)C3C(C)C)cc1. The fourth-order valence-electron chi connectivity index (χ4n) is 4.72. The molecular formula is C27H32FN3O3S2. The van der Waals surface area contributed by atoms with Crippen LogP contribution in [0.4, 0.5) is 9.52 Å². The molecular weight excluding hydrogens is 497 g/mol. The fraction of sp³-hybridized carbons (Fsp3) is 0.407. The Morgan fingerprint density at radius 2 is 1.75 bits per heavy atom. The minimum Gasteiger partial charge on any atom is -0.302 e. The van der Waals surface area contributed by atoms with Gasteiger partial charge in [-0.05, 0) is 54.7 Å². The first kappa shape index (κ1) is 26.4. The van der Waals surface area contributed by atoms with E-state index in [2.05, 4.69) is 31.0 Å². The lowest BCUT2D eigenvalue weighted by Crippen LogP contribution is -2.35. The lowest BCUT2D eigenvalue weighted by atomic mass is 9.98. The van der Waals surface area contributed by atoms with E-state index < -0.39 is 9.84 Å². The number of nitrogens with zero attached hydrogens (tertiary/aromatic N) is 2. The van der Waals surface area contributed by atoms with Crippen molar-refractivity contribution in [2.45, 2.75) is 64.1 Å². The molecule has 0 saturated heterocycles. The van der Waals surface area contributed by atoms with Gasteiger partial charge in [-0.3, -0.25) is 9.69 Å². The average Bonchev–Trinajstić information content (AvgIpc) is 3.38. The molecule has 2 aromatic carbocycles. The van der Waals surface area contributed by atoms with Crippen LogP contribution in [0.3, 0.4) is 0 Å². The summed E-state index contributed by atoms with van der Waals surface area (Å²) in [6.45, 7) is 8.92. The predicted octanol–water partition coefficient (Wildman–Crippen LogP) is 5.40. The zero-order chi connectivity index (χ0) is 26.0. The number of anilines is 1. The van der Waals surface area contributed by atoms with Gasteiger partial charge in [0.2, 0.25) is 5.91 Å². The summed E-state index contributed by atoms with van der Waals surface area (Å²) >= 11 is 1.51. The van der Waals surface area contributed by atoms with Crippen molar-refractivity contribution in [2.75, 3.05) is 11.1 Å². The Labute approximate surface area is 216 Å². The van der Waals surface area contributed by atoms with Crippen LogP contribution in [0, 0.1) is 11.7 Å². The number of thiazole rings is 1. The van der Waals surface area contributed by atoms with Gasteiger partial charge in [0.05, 0.1) is 28.8 Å². The number of benzene rings is 2. The molecule has 1 N–H and O–H groups in total. The summed E-state index contributed by atoms with van der Waals surface area (Å²) in [6, 6.07) is 13.5. The Morgan fingerprint density at radius 1 is 1.11 bits per heavy atom. The first-order valence-electron chi connectivity index (χ1n) is 12.2. The molecule has 1 aliphatic heterocycles. The summed E-state index contributed by atoms with van der Waals surface area (Å²) in [4.78, 5) is 21.3. The number of carbonyl (C=O) groups is 1. The number of sulfone groups is 1. The molecule has 0 radical (unpaired) electrons. The van der Waals surface area contributed by atoms with Crippen molar-refractivity contribution < 1.29 is 17.6 Å². The molecule has 6 nitrogen and oxygen atoms in total. The molecule has 1 unspecified atom stereocenters. The molecule has 1 aliphatic rings. The van der Waals surface area contributed by atoms with Gasteiger partial charge in [-0.1, -0.05) is 45.0 Å². The highest BCUT2D eigenvalue weighted by molar-refractivity contribution is 7.91. The van der Waals surface area contributed by atoms with Crippen LogP contribution in [0.1, 0.15) is 55.4 Å². The molecule has 0 bridgehead atoms. The fourth-order valence-corrected chi connectivity index (χ4v) is 6.63. The zero-order valence-corrected chi connectivity index (χ0v) is 22.6. The minimum atomic E-state index is -3.26. The molecule has 0 aliphatic carbocycles. The first-order chi connectivity index (χ1) is 17.1. The lowest BCUT2D eigenvalue weighted by molar-refractivity contribution is -0.115. The molecule has 1 aromatic heterocycles. The van der Waals surface area contributed by atoms with Crippen molar-refractivity contribution in [1.29, 1.82) is 0 Å². The molecule has 36 heavy (non-hydrogen) atoms. The van der Waals surface area contributed by atoms with Crippen molar-refractivity contribution in [3.05, 3.63) is 76.0 Å². The van der Waals surface area contributed by atoms with Crippen molar-refractivity contribution in [3.63, 3.8) is 0 Å². The Morgan fingerprint density at radius 3 is 2.36 bits per heavy atom. The molecule has 0 saturated carbocycles. The summed E-state index contributed by atoms with van der Waals surface area (Å²) < 4.78 is 37.3. The summed E-state index contributed by atoms with van der Waals surface area (Å²) in [5.41, 5.74) is 2.86. The van der Waals surface area contributed by atoms with Crippen LogP contribution in [0.5, 0.6) is 0 Å². The first-order valence-corrected chi connectivity index (χ1v) is 14.7. The Bertz CT molecular complexity index is 1320. The maximum Gasteiger partial charge on any atom is 0.230 e. The third-order valence-electron chi connectivity index (χ3n) is 6.61. The van der Waals surface area contributed by atoms with Gasteiger partial charge in [0.1, 0.15) is 5.82 Å². The smallest absolute Gasteiger partial charge is 0.230 e. The molecule has 4 rings (SSSR count). The van der Waals surface area contributed by atoms with Crippen LogP contribution in [0.2, 0.25) is 0 Å². The predicted molar refractivity (Wildman–Crippen MR) is 141 cm³/mol. The van der Waals surface area contributed by atoms with E-state index in [-0.39, 0.29) is 40.9 Å². The van der Waals surface area contributed by atoms with E-state index in [4.69, 9.17) is 4.98 Å². The van der Waals surface area contributed by atoms with Crippen LogP contribution < -0.4 is 5.32 Å². The second-order valence-corrected chi connectivity index (χ2v) is 13.0. The normalized spacial score (nSPS) is 16.8. The second-order valence-electron chi connectivity index (χ2n) is 9.64. The summed E-state index contributed by atoms with van der Waals surface area (Å²) in [5.74, 6) is -0.0295. The van der Waals surface area contributed by atoms with Crippen molar-refractivity contribution >= 4 is 32.2 Å². The van der Waals surface area contributed by atoms with Crippen LogP contribution in [-0.2, 0) is 34.0 Å². The molecule has 1 amide bonds. The van der Waals surface area contributed by atoms with Crippen LogP contribution in [-0.4, -0.2) is 36.0 Å². The molecule has 0 spiro atoms. The van der Waals surface area contributed by atoms with E-state index in [1.165, 1.54) is 23.5 Å². The van der Waals surface area contributed by atoms with E-state index in [1.54, 1.807) is 31.2 Å². The minimum absolute atomic E-state index is 0.0430. The number of fused-ring (bicyclic) bond motifs is 1. The standard InChI is InChI=1S/C27H32FN3O3S2/c1-5-36(33,34)22-12-8-20(9-13-22)15-24(32)29-27-30-25-23(35-27)16-31(26(25)17(2)3)18(4)14-19-6-10-21(28)11-7-19/h6-13,17-18,26H,5,14-16H2,1-4H3,(H,29,30,32)/t18-,26?/m1/s1. The number of halogens is 1. The number of amides is 1. The van der Waals surface area contributed by atoms with Crippen molar-refractivity contribution in [1.82, 2.24) is 9.88 Å². The van der Waals surface area contributed by atoms with E-state index >= 15 is 0 Å². The highest BCUT2D eigenvalue weighted by atomic mass is 32.2. The summed E-state index contributed by atoms with van der Waals surface area (Å²) in [7, 11) is -3.26. The van der Waals surface area contributed by atoms with Gasteiger partial charge in [0.15, 0.2) is 15.0 Å². The largest absolute Gasteiger partial charge is 0.302 e. The number of carbonyl (C=O) groups excluding carboxylic acids is 1. The van der Waals surface area contributed by atoms with E-state index in [0.29, 0.717) is 11.0 Å². The molecule has 192 valence electrons.